The van der Waals surface area contributed by atoms with Gasteiger partial charge in [0.05, 0.1) is 0 Å². The molecule has 0 unspecified atom stereocenters. The molecule has 0 saturated heterocycles. The number of carbonyl (C=O) groups is 1. The molecule has 0 aliphatic carbocycles. The van der Waals surface area contributed by atoms with Gasteiger partial charge in [0.1, 0.15) is 0 Å². The lowest BCUT2D eigenvalue weighted by Crippen LogP contribution is -2.15. The van der Waals surface area contributed by atoms with Crippen LogP contribution in [0, 0.1) is 0 Å². The van der Waals surface area contributed by atoms with Crippen LogP contribution in [-0.4, -0.2) is 5.91 Å². The molecule has 2 heteroatoms. The van der Waals surface area contributed by atoms with Crippen molar-refractivity contribution in [3.63, 3.8) is 0 Å². The highest BCUT2D eigenvalue weighted by atomic mass is 16.1. The van der Waals surface area contributed by atoms with Crippen molar-refractivity contribution >= 4 is 11.6 Å². The standard InChI is InChI=1S/C16H21NO/c1-6-8-12(2)15(18)17-14-10-7-9-13(11-14)16(3,4)5/h6-11H,1H2,2-5H3,(H,17,18)/b12-8+. The number of anilines is 1. The average Bonchev–Trinajstić information content (AvgIpc) is 2.28. The lowest BCUT2D eigenvalue weighted by atomic mass is 9.87. The van der Waals surface area contributed by atoms with E-state index in [9.17, 15) is 4.79 Å². The summed E-state index contributed by atoms with van der Waals surface area (Å²) in [6.07, 6.45) is 3.31. The fourth-order valence-corrected chi connectivity index (χ4v) is 1.55. The highest BCUT2D eigenvalue weighted by Gasteiger charge is 2.14. The maximum absolute atomic E-state index is 11.8. The molecule has 1 rings (SSSR count). The normalized spacial score (nSPS) is 12.1. The summed E-state index contributed by atoms with van der Waals surface area (Å²) in [6, 6.07) is 7.94. The van der Waals surface area contributed by atoms with Crippen LogP contribution in [0.2, 0.25) is 0 Å². The molecule has 0 atom stereocenters. The van der Waals surface area contributed by atoms with Crippen LogP contribution in [0.15, 0.2) is 48.6 Å². The number of benzene rings is 1. The van der Waals surface area contributed by atoms with Gasteiger partial charge < -0.3 is 5.32 Å². The SMILES string of the molecule is C=C/C=C(\C)C(=O)Nc1cccc(C(C)(C)C)c1. The van der Waals surface area contributed by atoms with Crippen molar-refractivity contribution < 1.29 is 4.79 Å². The van der Waals surface area contributed by atoms with Crippen LogP contribution in [0.3, 0.4) is 0 Å². The van der Waals surface area contributed by atoms with Crippen molar-refractivity contribution in [2.45, 2.75) is 33.1 Å². The Morgan fingerprint density at radius 1 is 1.33 bits per heavy atom. The van der Waals surface area contributed by atoms with E-state index in [-0.39, 0.29) is 11.3 Å². The molecule has 1 aromatic rings. The van der Waals surface area contributed by atoms with Crippen LogP contribution in [0.4, 0.5) is 5.69 Å². The van der Waals surface area contributed by atoms with Gasteiger partial charge in [-0.2, -0.15) is 0 Å². The third-order valence-electron chi connectivity index (χ3n) is 2.71. The fourth-order valence-electron chi connectivity index (χ4n) is 1.55. The van der Waals surface area contributed by atoms with E-state index in [4.69, 9.17) is 0 Å². The van der Waals surface area contributed by atoms with Crippen LogP contribution in [0.5, 0.6) is 0 Å². The Balaban J connectivity index is 2.90. The zero-order chi connectivity index (χ0) is 13.8. The first-order valence-corrected chi connectivity index (χ1v) is 6.06. The van der Waals surface area contributed by atoms with E-state index in [0.29, 0.717) is 5.57 Å². The van der Waals surface area contributed by atoms with Crippen LogP contribution in [0.1, 0.15) is 33.3 Å². The minimum atomic E-state index is -0.0963. The van der Waals surface area contributed by atoms with E-state index >= 15 is 0 Å². The summed E-state index contributed by atoms with van der Waals surface area (Å²) in [5.41, 5.74) is 2.74. The van der Waals surface area contributed by atoms with Crippen molar-refractivity contribution in [1.29, 1.82) is 0 Å². The van der Waals surface area contributed by atoms with Gasteiger partial charge in [-0.3, -0.25) is 4.79 Å². The quantitative estimate of drug-likeness (QED) is 0.629. The molecule has 0 saturated carbocycles. The Morgan fingerprint density at radius 3 is 2.56 bits per heavy atom. The molecule has 96 valence electrons. The molecule has 0 heterocycles. The topological polar surface area (TPSA) is 29.1 Å². The van der Waals surface area contributed by atoms with Gasteiger partial charge in [0.25, 0.3) is 5.91 Å². The Hall–Kier alpha value is -1.83. The Labute approximate surface area is 109 Å². The first-order valence-electron chi connectivity index (χ1n) is 6.06. The molecule has 0 radical (unpaired) electrons. The molecular formula is C16H21NO. The third-order valence-corrected chi connectivity index (χ3v) is 2.71. The van der Waals surface area contributed by atoms with Gasteiger partial charge in [0.2, 0.25) is 0 Å². The maximum Gasteiger partial charge on any atom is 0.251 e. The number of nitrogens with one attached hydrogen (secondary N) is 1. The predicted molar refractivity (Wildman–Crippen MR) is 77.7 cm³/mol. The summed E-state index contributed by atoms with van der Waals surface area (Å²) in [4.78, 5) is 11.8. The molecule has 1 aromatic carbocycles. The van der Waals surface area contributed by atoms with E-state index in [2.05, 4.69) is 38.7 Å². The second-order valence-electron chi connectivity index (χ2n) is 5.37. The van der Waals surface area contributed by atoms with Crippen molar-refractivity contribution in [1.82, 2.24) is 0 Å². The summed E-state index contributed by atoms with van der Waals surface area (Å²) < 4.78 is 0. The molecule has 0 aromatic heterocycles. The zero-order valence-electron chi connectivity index (χ0n) is 11.6. The van der Waals surface area contributed by atoms with Crippen LogP contribution in [-0.2, 0) is 10.2 Å². The predicted octanol–water partition coefficient (Wildman–Crippen LogP) is 4.05. The second kappa shape index (κ2) is 5.67. The molecule has 1 N–H and O–H groups in total. The molecule has 0 fully saturated rings. The first-order chi connectivity index (χ1) is 8.34. The molecule has 0 aliphatic heterocycles. The molecule has 1 amide bonds. The Bertz CT molecular complexity index is 478. The zero-order valence-corrected chi connectivity index (χ0v) is 11.6. The number of allylic oxidation sites excluding steroid dienone is 2. The second-order valence-corrected chi connectivity index (χ2v) is 5.37. The first kappa shape index (κ1) is 14.2. The summed E-state index contributed by atoms with van der Waals surface area (Å²) in [7, 11) is 0. The fraction of sp³-hybridized carbons (Fsp3) is 0.312. The summed E-state index contributed by atoms with van der Waals surface area (Å²) in [5, 5.41) is 2.88. The molecule has 0 bridgehead atoms. The minimum Gasteiger partial charge on any atom is -0.322 e. The lowest BCUT2D eigenvalue weighted by molar-refractivity contribution is -0.112. The Morgan fingerprint density at radius 2 is 2.00 bits per heavy atom. The van der Waals surface area contributed by atoms with Gasteiger partial charge in [0, 0.05) is 11.3 Å². The number of amides is 1. The molecule has 2 nitrogen and oxygen atoms in total. The van der Waals surface area contributed by atoms with E-state index in [0.717, 1.165) is 5.69 Å². The van der Waals surface area contributed by atoms with E-state index in [1.165, 1.54) is 5.56 Å². The average molecular weight is 243 g/mol. The van der Waals surface area contributed by atoms with Gasteiger partial charge in [-0.15, -0.1) is 0 Å². The van der Waals surface area contributed by atoms with Crippen molar-refractivity contribution in [3.05, 3.63) is 54.1 Å². The molecular weight excluding hydrogens is 222 g/mol. The highest BCUT2D eigenvalue weighted by Crippen LogP contribution is 2.24. The van der Waals surface area contributed by atoms with Crippen molar-refractivity contribution in [3.8, 4) is 0 Å². The smallest absolute Gasteiger partial charge is 0.251 e. The number of hydrogen-bond acceptors (Lipinski definition) is 1. The van der Waals surface area contributed by atoms with E-state index < -0.39 is 0 Å². The number of rotatable bonds is 3. The summed E-state index contributed by atoms with van der Waals surface area (Å²) in [5.74, 6) is -0.0963. The van der Waals surface area contributed by atoms with Crippen molar-refractivity contribution in [2.24, 2.45) is 0 Å². The lowest BCUT2D eigenvalue weighted by Gasteiger charge is -2.19. The van der Waals surface area contributed by atoms with Gasteiger partial charge in [0.15, 0.2) is 0 Å². The Kier molecular flexibility index (Phi) is 4.49. The van der Waals surface area contributed by atoms with Crippen LogP contribution >= 0.6 is 0 Å². The third kappa shape index (κ3) is 3.88. The van der Waals surface area contributed by atoms with E-state index in [1.807, 2.05) is 18.2 Å². The summed E-state index contributed by atoms with van der Waals surface area (Å²) >= 11 is 0. The van der Waals surface area contributed by atoms with Gasteiger partial charge in [-0.05, 0) is 30.0 Å². The van der Waals surface area contributed by atoms with Crippen LogP contribution in [0.25, 0.3) is 0 Å². The molecule has 0 spiro atoms. The van der Waals surface area contributed by atoms with Gasteiger partial charge in [-0.25, -0.2) is 0 Å². The maximum atomic E-state index is 11.8. The van der Waals surface area contributed by atoms with Gasteiger partial charge >= 0.3 is 0 Å². The van der Waals surface area contributed by atoms with E-state index in [1.54, 1.807) is 19.1 Å². The largest absolute Gasteiger partial charge is 0.322 e. The highest BCUT2D eigenvalue weighted by molar-refractivity contribution is 6.03. The van der Waals surface area contributed by atoms with Crippen LogP contribution < -0.4 is 5.32 Å². The monoisotopic (exact) mass is 243 g/mol. The molecule has 18 heavy (non-hydrogen) atoms. The molecule has 0 aliphatic rings. The minimum absolute atomic E-state index is 0.0761. The summed E-state index contributed by atoms with van der Waals surface area (Å²) in [6.45, 7) is 11.8. The van der Waals surface area contributed by atoms with Crippen molar-refractivity contribution in [2.75, 3.05) is 5.32 Å². The number of hydrogen-bond donors (Lipinski definition) is 1. The van der Waals surface area contributed by atoms with Gasteiger partial charge in [-0.1, -0.05) is 51.6 Å². The number of carbonyl (C=O) groups excluding carboxylic acids is 1.